The number of aryl methyl sites for hydroxylation is 1. The zero-order valence-electron chi connectivity index (χ0n) is 9.44. The minimum absolute atomic E-state index is 0.767. The van der Waals surface area contributed by atoms with Gasteiger partial charge in [-0.2, -0.15) is 0 Å². The summed E-state index contributed by atoms with van der Waals surface area (Å²) in [6.07, 6.45) is 2.82. The molecular weight excluding hydrogens is 222 g/mol. The lowest BCUT2D eigenvalue weighted by Crippen LogP contribution is -1.99. The molecule has 0 saturated carbocycles. The van der Waals surface area contributed by atoms with Gasteiger partial charge in [-0.05, 0) is 25.0 Å². The maximum atomic E-state index is 6.10. The van der Waals surface area contributed by atoms with Crippen molar-refractivity contribution in [3.8, 4) is 11.4 Å². The fraction of sp³-hybridized carbons (Fsp3) is 0.333. The van der Waals surface area contributed by atoms with E-state index in [2.05, 4.69) is 21.7 Å². The van der Waals surface area contributed by atoms with Crippen molar-refractivity contribution in [2.75, 3.05) is 0 Å². The van der Waals surface area contributed by atoms with E-state index in [1.54, 1.807) is 6.33 Å². The third-order valence-electron chi connectivity index (χ3n) is 2.59. The van der Waals surface area contributed by atoms with Crippen LogP contribution in [-0.2, 0) is 6.54 Å². The molecule has 0 aliphatic heterocycles. The lowest BCUT2D eigenvalue weighted by Gasteiger charge is -2.08. The molecule has 0 fully saturated rings. The largest absolute Gasteiger partial charge is 0.314 e. The van der Waals surface area contributed by atoms with Crippen LogP contribution >= 0.6 is 11.6 Å². The fourth-order valence-corrected chi connectivity index (χ4v) is 1.89. The first kappa shape index (κ1) is 11.1. The van der Waals surface area contributed by atoms with Crippen LogP contribution in [-0.4, -0.2) is 14.8 Å². The quantitative estimate of drug-likeness (QED) is 0.817. The Bertz CT molecular complexity index is 491. The summed E-state index contributed by atoms with van der Waals surface area (Å²) in [6.45, 7) is 5.06. The molecule has 2 aromatic rings. The second-order valence-corrected chi connectivity index (χ2v) is 4.17. The number of benzene rings is 1. The topological polar surface area (TPSA) is 30.7 Å². The second kappa shape index (κ2) is 4.66. The molecule has 0 N–H and O–H groups in total. The molecule has 0 radical (unpaired) electrons. The van der Waals surface area contributed by atoms with Crippen molar-refractivity contribution in [2.45, 2.75) is 26.8 Å². The van der Waals surface area contributed by atoms with Gasteiger partial charge in [-0.3, -0.25) is 0 Å². The molecular formula is C12H14ClN3. The highest BCUT2D eigenvalue weighted by Gasteiger charge is 2.10. The van der Waals surface area contributed by atoms with Crippen LogP contribution < -0.4 is 0 Å². The molecule has 0 saturated heterocycles. The smallest absolute Gasteiger partial charge is 0.164 e. The van der Waals surface area contributed by atoms with Crippen molar-refractivity contribution in [3.63, 3.8) is 0 Å². The van der Waals surface area contributed by atoms with Crippen LogP contribution in [0.25, 0.3) is 11.4 Å². The van der Waals surface area contributed by atoms with Gasteiger partial charge in [0.1, 0.15) is 6.33 Å². The summed E-state index contributed by atoms with van der Waals surface area (Å²) in [5.74, 6) is 0.891. The Morgan fingerprint density at radius 2 is 2.19 bits per heavy atom. The lowest BCUT2D eigenvalue weighted by molar-refractivity contribution is 0.682. The highest BCUT2D eigenvalue weighted by atomic mass is 35.5. The predicted molar refractivity (Wildman–Crippen MR) is 65.5 cm³/mol. The fourth-order valence-electron chi connectivity index (χ4n) is 1.72. The molecule has 0 amide bonds. The Morgan fingerprint density at radius 1 is 1.38 bits per heavy atom. The Labute approximate surface area is 100 Å². The summed E-state index contributed by atoms with van der Waals surface area (Å²) in [4.78, 5) is 0. The summed E-state index contributed by atoms with van der Waals surface area (Å²) in [7, 11) is 0. The molecule has 4 heteroatoms. The van der Waals surface area contributed by atoms with E-state index in [1.807, 2.05) is 25.1 Å². The first-order valence-electron chi connectivity index (χ1n) is 5.37. The normalized spacial score (nSPS) is 10.7. The van der Waals surface area contributed by atoms with Gasteiger partial charge in [-0.25, -0.2) is 0 Å². The van der Waals surface area contributed by atoms with E-state index in [0.29, 0.717) is 0 Å². The van der Waals surface area contributed by atoms with Crippen molar-refractivity contribution in [1.82, 2.24) is 14.8 Å². The minimum atomic E-state index is 0.767. The molecule has 0 bridgehead atoms. The van der Waals surface area contributed by atoms with Crippen molar-refractivity contribution < 1.29 is 0 Å². The third-order valence-corrected chi connectivity index (χ3v) is 3.00. The van der Waals surface area contributed by atoms with E-state index < -0.39 is 0 Å². The number of halogens is 1. The predicted octanol–water partition coefficient (Wildman–Crippen LogP) is 3.32. The molecule has 16 heavy (non-hydrogen) atoms. The Balaban J connectivity index is 2.50. The van der Waals surface area contributed by atoms with Gasteiger partial charge in [-0.15, -0.1) is 10.2 Å². The first-order valence-corrected chi connectivity index (χ1v) is 5.75. The van der Waals surface area contributed by atoms with E-state index in [-0.39, 0.29) is 0 Å². The average molecular weight is 236 g/mol. The molecule has 0 unspecified atom stereocenters. The average Bonchev–Trinajstić information content (AvgIpc) is 2.71. The summed E-state index contributed by atoms with van der Waals surface area (Å²) < 4.78 is 2.05. The van der Waals surface area contributed by atoms with Gasteiger partial charge in [0.05, 0.1) is 0 Å². The number of hydrogen-bond donors (Lipinski definition) is 0. The standard InChI is InChI=1S/C12H14ClN3/c1-3-7-16-8-14-15-12(16)10-5-4-6-11(13)9(10)2/h4-6,8H,3,7H2,1-2H3. The van der Waals surface area contributed by atoms with E-state index in [9.17, 15) is 0 Å². The van der Waals surface area contributed by atoms with Gasteiger partial charge < -0.3 is 4.57 Å². The van der Waals surface area contributed by atoms with Crippen molar-refractivity contribution in [2.24, 2.45) is 0 Å². The van der Waals surface area contributed by atoms with Crippen molar-refractivity contribution in [1.29, 1.82) is 0 Å². The molecule has 2 rings (SSSR count). The highest BCUT2D eigenvalue weighted by Crippen LogP contribution is 2.26. The van der Waals surface area contributed by atoms with Crippen LogP contribution in [0.4, 0.5) is 0 Å². The number of nitrogens with zero attached hydrogens (tertiary/aromatic N) is 3. The number of rotatable bonds is 3. The molecule has 0 aliphatic carbocycles. The molecule has 1 aromatic carbocycles. The maximum Gasteiger partial charge on any atom is 0.164 e. The summed E-state index contributed by atoms with van der Waals surface area (Å²) >= 11 is 6.10. The molecule has 1 aromatic heterocycles. The van der Waals surface area contributed by atoms with Gasteiger partial charge >= 0.3 is 0 Å². The SMILES string of the molecule is CCCn1cnnc1-c1cccc(Cl)c1C. The molecule has 0 atom stereocenters. The number of hydrogen-bond acceptors (Lipinski definition) is 2. The Morgan fingerprint density at radius 3 is 2.94 bits per heavy atom. The Kier molecular flexibility index (Phi) is 3.25. The number of aromatic nitrogens is 3. The van der Waals surface area contributed by atoms with Crippen molar-refractivity contribution in [3.05, 3.63) is 35.1 Å². The molecule has 0 spiro atoms. The monoisotopic (exact) mass is 235 g/mol. The van der Waals surface area contributed by atoms with Gasteiger partial charge in [0.2, 0.25) is 0 Å². The summed E-state index contributed by atoms with van der Waals surface area (Å²) in [5, 5.41) is 8.89. The summed E-state index contributed by atoms with van der Waals surface area (Å²) in [6, 6.07) is 5.86. The van der Waals surface area contributed by atoms with Crippen LogP contribution in [0.15, 0.2) is 24.5 Å². The van der Waals surface area contributed by atoms with Crippen LogP contribution in [0.5, 0.6) is 0 Å². The van der Waals surface area contributed by atoms with Gasteiger partial charge in [0, 0.05) is 17.1 Å². The van der Waals surface area contributed by atoms with Gasteiger partial charge in [0.25, 0.3) is 0 Å². The zero-order chi connectivity index (χ0) is 11.5. The second-order valence-electron chi connectivity index (χ2n) is 3.76. The van der Waals surface area contributed by atoms with E-state index in [1.165, 1.54) is 0 Å². The molecule has 0 aliphatic rings. The van der Waals surface area contributed by atoms with Crippen LogP contribution in [0.2, 0.25) is 5.02 Å². The Hall–Kier alpha value is -1.35. The van der Waals surface area contributed by atoms with E-state index in [4.69, 9.17) is 11.6 Å². The van der Waals surface area contributed by atoms with Crippen LogP contribution in [0.1, 0.15) is 18.9 Å². The first-order chi connectivity index (χ1) is 7.74. The molecule has 3 nitrogen and oxygen atoms in total. The molecule has 1 heterocycles. The minimum Gasteiger partial charge on any atom is -0.314 e. The third kappa shape index (κ3) is 1.95. The summed E-state index contributed by atoms with van der Waals surface area (Å²) in [5.41, 5.74) is 2.10. The van der Waals surface area contributed by atoms with Crippen molar-refractivity contribution >= 4 is 11.6 Å². The van der Waals surface area contributed by atoms with E-state index >= 15 is 0 Å². The van der Waals surface area contributed by atoms with Gasteiger partial charge in [-0.1, -0.05) is 30.7 Å². The maximum absolute atomic E-state index is 6.10. The van der Waals surface area contributed by atoms with Crippen LogP contribution in [0.3, 0.4) is 0 Å². The lowest BCUT2D eigenvalue weighted by atomic mass is 10.1. The van der Waals surface area contributed by atoms with Crippen LogP contribution in [0, 0.1) is 6.92 Å². The zero-order valence-corrected chi connectivity index (χ0v) is 10.2. The van der Waals surface area contributed by atoms with E-state index in [0.717, 1.165) is 34.9 Å². The highest BCUT2D eigenvalue weighted by molar-refractivity contribution is 6.31. The van der Waals surface area contributed by atoms with Gasteiger partial charge in [0.15, 0.2) is 5.82 Å². The molecule has 84 valence electrons.